The molecule has 0 amide bonds. The average Bonchev–Trinajstić information content (AvgIpc) is 2.31. The van der Waals surface area contributed by atoms with Crippen molar-refractivity contribution in [1.82, 2.24) is 9.88 Å². The molecule has 1 aromatic heterocycles. The van der Waals surface area contributed by atoms with Gasteiger partial charge in [0.25, 0.3) is 0 Å². The summed E-state index contributed by atoms with van der Waals surface area (Å²) in [7, 11) is 0. The van der Waals surface area contributed by atoms with Crippen LogP contribution in [0.1, 0.15) is 18.5 Å². The van der Waals surface area contributed by atoms with Crippen LogP contribution in [0.5, 0.6) is 0 Å². The molecule has 1 saturated heterocycles. The molecule has 1 fully saturated rings. The van der Waals surface area contributed by atoms with Crippen molar-refractivity contribution >= 4 is 11.8 Å². The van der Waals surface area contributed by atoms with Gasteiger partial charge in [0.05, 0.1) is 0 Å². The van der Waals surface area contributed by atoms with Crippen LogP contribution in [-0.4, -0.2) is 40.5 Å². The Balaban J connectivity index is 2.16. The van der Waals surface area contributed by atoms with Gasteiger partial charge >= 0.3 is 0 Å². The number of nitrogens with zero attached hydrogens (tertiary/aromatic N) is 2. The first kappa shape index (κ1) is 11.9. The molecular formula is C12H19N3S. The van der Waals surface area contributed by atoms with E-state index in [4.69, 9.17) is 5.73 Å². The van der Waals surface area contributed by atoms with E-state index in [-0.39, 0.29) is 6.04 Å². The Morgan fingerprint density at radius 3 is 2.50 bits per heavy atom. The minimum absolute atomic E-state index is 0.158. The summed E-state index contributed by atoms with van der Waals surface area (Å²) >= 11 is 2.03. The highest BCUT2D eigenvalue weighted by molar-refractivity contribution is 7.99. The van der Waals surface area contributed by atoms with Crippen molar-refractivity contribution in [3.63, 3.8) is 0 Å². The van der Waals surface area contributed by atoms with E-state index in [9.17, 15) is 0 Å². The number of aromatic nitrogens is 1. The second-order valence-electron chi connectivity index (χ2n) is 4.23. The maximum atomic E-state index is 6.13. The first-order chi connectivity index (χ1) is 7.79. The highest BCUT2D eigenvalue weighted by Crippen LogP contribution is 2.25. The standard InChI is InChI=1S/C12H19N3S/c1-10(13)12(11-2-4-14-5-3-11)15-6-8-16-9-7-15/h2-5,10,12H,6-9,13H2,1H3. The third-order valence-electron chi connectivity index (χ3n) is 2.98. The number of hydrogen-bond acceptors (Lipinski definition) is 4. The molecule has 1 aliphatic heterocycles. The highest BCUT2D eigenvalue weighted by atomic mass is 32.2. The van der Waals surface area contributed by atoms with Crippen molar-refractivity contribution < 1.29 is 0 Å². The van der Waals surface area contributed by atoms with Gasteiger partial charge in [-0.25, -0.2) is 0 Å². The zero-order valence-electron chi connectivity index (χ0n) is 9.67. The molecule has 88 valence electrons. The summed E-state index contributed by atoms with van der Waals surface area (Å²) in [4.78, 5) is 6.57. The summed E-state index contributed by atoms with van der Waals surface area (Å²) in [6.07, 6.45) is 3.70. The second kappa shape index (κ2) is 5.66. The molecule has 2 N–H and O–H groups in total. The molecule has 0 radical (unpaired) electrons. The fourth-order valence-corrected chi connectivity index (χ4v) is 3.19. The lowest BCUT2D eigenvalue weighted by atomic mass is 10.0. The molecule has 0 aliphatic carbocycles. The van der Waals surface area contributed by atoms with Crippen LogP contribution in [0.2, 0.25) is 0 Å². The smallest absolute Gasteiger partial charge is 0.0498 e. The monoisotopic (exact) mass is 237 g/mol. The number of rotatable bonds is 3. The van der Waals surface area contributed by atoms with Gasteiger partial charge in [0.15, 0.2) is 0 Å². The van der Waals surface area contributed by atoms with Gasteiger partial charge in [0.2, 0.25) is 0 Å². The van der Waals surface area contributed by atoms with Crippen LogP contribution in [-0.2, 0) is 0 Å². The minimum Gasteiger partial charge on any atom is -0.326 e. The molecule has 3 nitrogen and oxygen atoms in total. The van der Waals surface area contributed by atoms with Crippen LogP contribution in [0.3, 0.4) is 0 Å². The Morgan fingerprint density at radius 2 is 1.94 bits per heavy atom. The molecule has 0 spiro atoms. The second-order valence-corrected chi connectivity index (χ2v) is 5.46. The van der Waals surface area contributed by atoms with Gasteiger partial charge in [-0.1, -0.05) is 0 Å². The van der Waals surface area contributed by atoms with Crippen LogP contribution >= 0.6 is 11.8 Å². The van der Waals surface area contributed by atoms with Crippen molar-refractivity contribution in [3.05, 3.63) is 30.1 Å². The molecule has 16 heavy (non-hydrogen) atoms. The minimum atomic E-state index is 0.158. The summed E-state index contributed by atoms with van der Waals surface area (Å²) in [5.74, 6) is 2.43. The topological polar surface area (TPSA) is 42.1 Å². The fraction of sp³-hybridized carbons (Fsp3) is 0.583. The molecule has 0 aromatic carbocycles. The van der Waals surface area contributed by atoms with Gasteiger partial charge in [-0.2, -0.15) is 11.8 Å². The third kappa shape index (κ3) is 2.75. The third-order valence-corrected chi connectivity index (χ3v) is 3.93. The maximum absolute atomic E-state index is 6.13. The Hall–Kier alpha value is -0.580. The Kier molecular flexibility index (Phi) is 4.21. The molecule has 4 heteroatoms. The molecule has 2 unspecified atom stereocenters. The maximum Gasteiger partial charge on any atom is 0.0498 e. The van der Waals surface area contributed by atoms with Crippen molar-refractivity contribution in [2.45, 2.75) is 19.0 Å². The van der Waals surface area contributed by atoms with E-state index in [1.165, 1.54) is 17.1 Å². The van der Waals surface area contributed by atoms with Gasteiger partial charge in [-0.3, -0.25) is 9.88 Å². The van der Waals surface area contributed by atoms with Crippen LogP contribution in [0.25, 0.3) is 0 Å². The normalized spacial score (nSPS) is 21.6. The average molecular weight is 237 g/mol. The molecule has 2 atom stereocenters. The largest absolute Gasteiger partial charge is 0.326 e. The summed E-state index contributed by atoms with van der Waals surface area (Å²) in [5.41, 5.74) is 7.42. The quantitative estimate of drug-likeness (QED) is 0.865. The van der Waals surface area contributed by atoms with Crippen LogP contribution in [0.15, 0.2) is 24.5 Å². The van der Waals surface area contributed by atoms with Crippen LogP contribution in [0, 0.1) is 0 Å². The van der Waals surface area contributed by atoms with E-state index >= 15 is 0 Å². The van der Waals surface area contributed by atoms with Gasteiger partial charge < -0.3 is 5.73 Å². The van der Waals surface area contributed by atoms with E-state index in [0.29, 0.717) is 6.04 Å². The Bertz CT molecular complexity index is 309. The summed E-state index contributed by atoms with van der Waals surface area (Å²) in [6.45, 7) is 4.37. The summed E-state index contributed by atoms with van der Waals surface area (Å²) in [6, 6.07) is 4.65. The molecule has 2 rings (SSSR count). The molecule has 0 saturated carbocycles. The number of nitrogens with two attached hydrogens (primary N) is 1. The van der Waals surface area contributed by atoms with E-state index in [0.717, 1.165) is 13.1 Å². The molecule has 2 heterocycles. The highest BCUT2D eigenvalue weighted by Gasteiger charge is 2.25. The summed E-state index contributed by atoms with van der Waals surface area (Å²) < 4.78 is 0. The Labute approximate surface area is 101 Å². The Morgan fingerprint density at radius 1 is 1.31 bits per heavy atom. The lowest BCUT2D eigenvalue weighted by molar-refractivity contribution is 0.195. The lowest BCUT2D eigenvalue weighted by Gasteiger charge is -2.36. The predicted octanol–water partition coefficient (Wildman–Crippen LogP) is 1.52. The molecule has 0 bridgehead atoms. The van der Waals surface area contributed by atoms with Gasteiger partial charge in [-0.15, -0.1) is 0 Å². The fourth-order valence-electron chi connectivity index (χ4n) is 2.26. The van der Waals surface area contributed by atoms with Gasteiger partial charge in [0.1, 0.15) is 0 Å². The van der Waals surface area contributed by atoms with Crippen LogP contribution in [0.4, 0.5) is 0 Å². The zero-order chi connectivity index (χ0) is 11.4. The van der Waals surface area contributed by atoms with Crippen molar-refractivity contribution in [3.8, 4) is 0 Å². The SMILES string of the molecule is CC(N)C(c1ccncc1)N1CCSCC1. The van der Waals surface area contributed by atoms with Gasteiger partial charge in [0, 0.05) is 49.1 Å². The molecule has 1 aliphatic rings. The summed E-state index contributed by atoms with van der Waals surface area (Å²) in [5, 5.41) is 0. The van der Waals surface area contributed by atoms with E-state index in [1.807, 2.05) is 24.2 Å². The van der Waals surface area contributed by atoms with E-state index in [1.54, 1.807) is 0 Å². The lowest BCUT2D eigenvalue weighted by Crippen LogP contribution is -2.43. The first-order valence-electron chi connectivity index (χ1n) is 5.76. The predicted molar refractivity (Wildman–Crippen MR) is 69.5 cm³/mol. The first-order valence-corrected chi connectivity index (χ1v) is 6.92. The number of thioether (sulfide) groups is 1. The van der Waals surface area contributed by atoms with Gasteiger partial charge in [-0.05, 0) is 24.6 Å². The number of pyridine rings is 1. The van der Waals surface area contributed by atoms with E-state index < -0.39 is 0 Å². The van der Waals surface area contributed by atoms with Crippen molar-refractivity contribution in [1.29, 1.82) is 0 Å². The van der Waals surface area contributed by atoms with Crippen LogP contribution < -0.4 is 5.73 Å². The number of hydrogen-bond donors (Lipinski definition) is 1. The molecular weight excluding hydrogens is 218 g/mol. The van der Waals surface area contributed by atoms with E-state index in [2.05, 4.69) is 28.9 Å². The van der Waals surface area contributed by atoms with Crippen molar-refractivity contribution in [2.75, 3.05) is 24.6 Å². The van der Waals surface area contributed by atoms with Crippen molar-refractivity contribution in [2.24, 2.45) is 5.73 Å². The molecule has 1 aromatic rings. The zero-order valence-corrected chi connectivity index (χ0v) is 10.5.